The second-order valence-corrected chi connectivity index (χ2v) is 13.1. The maximum atomic E-state index is 13.5. The SMILES string of the molecule is Cc1ccc(S(=O)(=O)N(CC(=O)Nc2ccc(S(=O)(=O)N3CCOCC3)cc2)c2cccc(Br)c2)cc1. The van der Waals surface area contributed by atoms with Gasteiger partial charge in [-0.1, -0.05) is 39.7 Å². The van der Waals surface area contributed by atoms with Crippen molar-refractivity contribution in [1.29, 1.82) is 0 Å². The summed E-state index contributed by atoms with van der Waals surface area (Å²) >= 11 is 3.35. The van der Waals surface area contributed by atoms with Gasteiger partial charge in [-0.15, -0.1) is 0 Å². The number of carbonyl (C=O) groups excluding carboxylic acids is 1. The molecule has 0 saturated carbocycles. The van der Waals surface area contributed by atoms with E-state index in [4.69, 9.17) is 4.74 Å². The van der Waals surface area contributed by atoms with Crippen LogP contribution in [-0.2, 0) is 29.6 Å². The minimum Gasteiger partial charge on any atom is -0.379 e. The van der Waals surface area contributed by atoms with E-state index in [1.807, 2.05) is 6.92 Å². The summed E-state index contributed by atoms with van der Waals surface area (Å²) in [5.74, 6) is -0.584. The predicted octanol–water partition coefficient (Wildman–Crippen LogP) is 3.61. The Morgan fingerprint density at radius 1 is 0.946 bits per heavy atom. The van der Waals surface area contributed by atoms with Crippen molar-refractivity contribution in [1.82, 2.24) is 4.31 Å². The topological polar surface area (TPSA) is 113 Å². The number of ether oxygens (including phenoxy) is 1. The molecule has 0 radical (unpaired) electrons. The van der Waals surface area contributed by atoms with E-state index in [1.165, 1.54) is 40.7 Å². The lowest BCUT2D eigenvalue weighted by atomic mass is 10.2. The molecular weight excluding hydrogens is 582 g/mol. The number of nitrogens with zero attached hydrogens (tertiary/aromatic N) is 2. The molecule has 37 heavy (non-hydrogen) atoms. The highest BCUT2D eigenvalue weighted by molar-refractivity contribution is 9.10. The number of hydrogen-bond donors (Lipinski definition) is 1. The van der Waals surface area contributed by atoms with Crippen molar-refractivity contribution in [3.63, 3.8) is 0 Å². The van der Waals surface area contributed by atoms with Crippen molar-refractivity contribution in [3.8, 4) is 0 Å². The van der Waals surface area contributed by atoms with Crippen LogP contribution in [-0.4, -0.2) is 59.9 Å². The number of sulfonamides is 2. The Hall–Kier alpha value is -2.77. The molecule has 1 aliphatic rings. The quantitative estimate of drug-likeness (QED) is 0.418. The third-order valence-corrected chi connectivity index (χ3v) is 9.93. The maximum absolute atomic E-state index is 13.5. The van der Waals surface area contributed by atoms with Crippen LogP contribution in [0.3, 0.4) is 0 Å². The fourth-order valence-electron chi connectivity index (χ4n) is 3.76. The van der Waals surface area contributed by atoms with Crippen LogP contribution in [0.2, 0.25) is 0 Å². The molecule has 3 aromatic carbocycles. The molecule has 0 bridgehead atoms. The third-order valence-electron chi connectivity index (χ3n) is 5.74. The van der Waals surface area contributed by atoms with Gasteiger partial charge in [0, 0.05) is 23.2 Å². The first kappa shape index (κ1) is 27.3. The molecule has 0 unspecified atom stereocenters. The van der Waals surface area contributed by atoms with E-state index in [9.17, 15) is 21.6 Å². The lowest BCUT2D eigenvalue weighted by molar-refractivity contribution is -0.114. The number of morpholine rings is 1. The normalized spacial score (nSPS) is 14.8. The van der Waals surface area contributed by atoms with Gasteiger partial charge in [0.15, 0.2) is 0 Å². The molecule has 1 aliphatic heterocycles. The van der Waals surface area contributed by atoms with Crippen molar-refractivity contribution >= 4 is 53.3 Å². The molecular formula is C25H26BrN3O6S2. The predicted molar refractivity (Wildman–Crippen MR) is 145 cm³/mol. The second-order valence-electron chi connectivity index (χ2n) is 8.39. The average molecular weight is 609 g/mol. The fourth-order valence-corrected chi connectivity index (χ4v) is 6.97. The number of aryl methyl sites for hydroxylation is 1. The lowest BCUT2D eigenvalue weighted by Gasteiger charge is -2.26. The van der Waals surface area contributed by atoms with Gasteiger partial charge in [-0.3, -0.25) is 9.10 Å². The fraction of sp³-hybridized carbons (Fsp3) is 0.240. The Kier molecular flexibility index (Phi) is 8.34. The van der Waals surface area contributed by atoms with E-state index in [2.05, 4.69) is 21.2 Å². The maximum Gasteiger partial charge on any atom is 0.264 e. The number of amides is 1. The Labute approximate surface area is 225 Å². The molecule has 1 fully saturated rings. The van der Waals surface area contributed by atoms with Crippen molar-refractivity contribution in [2.45, 2.75) is 16.7 Å². The number of halogens is 1. The number of nitrogens with one attached hydrogen (secondary N) is 1. The molecule has 9 nitrogen and oxygen atoms in total. The zero-order valence-electron chi connectivity index (χ0n) is 20.0. The van der Waals surface area contributed by atoms with Crippen molar-refractivity contribution in [2.24, 2.45) is 0 Å². The average Bonchev–Trinajstić information content (AvgIpc) is 2.88. The van der Waals surface area contributed by atoms with Crippen LogP contribution < -0.4 is 9.62 Å². The van der Waals surface area contributed by atoms with Gasteiger partial charge in [0.1, 0.15) is 6.54 Å². The minimum absolute atomic E-state index is 0.0588. The van der Waals surface area contributed by atoms with Crippen LogP contribution in [0.25, 0.3) is 0 Å². The van der Waals surface area contributed by atoms with E-state index in [1.54, 1.807) is 36.4 Å². The molecule has 0 aromatic heterocycles. The number of benzene rings is 3. The van der Waals surface area contributed by atoms with Gasteiger partial charge in [-0.05, 0) is 61.5 Å². The molecule has 1 amide bonds. The van der Waals surface area contributed by atoms with E-state index in [0.29, 0.717) is 29.1 Å². The highest BCUT2D eigenvalue weighted by Crippen LogP contribution is 2.27. The summed E-state index contributed by atoms with van der Waals surface area (Å²) < 4.78 is 60.9. The minimum atomic E-state index is -4.06. The first-order valence-electron chi connectivity index (χ1n) is 11.4. The summed E-state index contributed by atoms with van der Waals surface area (Å²) in [5, 5.41) is 2.66. The van der Waals surface area contributed by atoms with Gasteiger partial charge in [0.25, 0.3) is 10.0 Å². The molecule has 0 spiro atoms. The monoisotopic (exact) mass is 607 g/mol. The van der Waals surface area contributed by atoms with Gasteiger partial charge < -0.3 is 10.1 Å². The smallest absolute Gasteiger partial charge is 0.264 e. The largest absolute Gasteiger partial charge is 0.379 e. The highest BCUT2D eigenvalue weighted by Gasteiger charge is 2.28. The number of hydrogen-bond acceptors (Lipinski definition) is 6. The van der Waals surface area contributed by atoms with Crippen molar-refractivity contribution in [3.05, 3.63) is 82.8 Å². The van der Waals surface area contributed by atoms with E-state index in [0.717, 1.165) is 9.87 Å². The molecule has 3 aromatic rings. The van der Waals surface area contributed by atoms with Gasteiger partial charge in [0.2, 0.25) is 15.9 Å². The van der Waals surface area contributed by atoms with Crippen LogP contribution in [0.5, 0.6) is 0 Å². The molecule has 1 N–H and O–H groups in total. The first-order chi connectivity index (χ1) is 17.6. The summed E-state index contributed by atoms with van der Waals surface area (Å²) in [7, 11) is -7.73. The summed E-state index contributed by atoms with van der Waals surface area (Å²) in [6, 6.07) is 18.8. The number of rotatable bonds is 8. The number of carbonyl (C=O) groups is 1. The van der Waals surface area contributed by atoms with Crippen LogP contribution in [0.4, 0.5) is 11.4 Å². The van der Waals surface area contributed by atoms with Gasteiger partial charge in [-0.25, -0.2) is 16.8 Å². The third kappa shape index (κ3) is 6.39. The molecule has 1 saturated heterocycles. The Morgan fingerprint density at radius 2 is 1.57 bits per heavy atom. The van der Waals surface area contributed by atoms with E-state index < -0.39 is 32.5 Å². The Bertz CT molecular complexity index is 1470. The lowest BCUT2D eigenvalue weighted by Crippen LogP contribution is -2.40. The van der Waals surface area contributed by atoms with Crippen LogP contribution in [0.1, 0.15) is 5.56 Å². The summed E-state index contributed by atoms with van der Waals surface area (Å²) in [5.41, 5.74) is 1.56. The molecule has 4 rings (SSSR count). The summed E-state index contributed by atoms with van der Waals surface area (Å²) in [6.45, 7) is 2.61. The second kappa shape index (κ2) is 11.3. The highest BCUT2D eigenvalue weighted by atomic mass is 79.9. The van der Waals surface area contributed by atoms with Crippen molar-refractivity contribution < 1.29 is 26.4 Å². The van der Waals surface area contributed by atoms with E-state index in [-0.39, 0.29) is 22.9 Å². The van der Waals surface area contributed by atoms with Crippen LogP contribution >= 0.6 is 15.9 Å². The first-order valence-corrected chi connectivity index (χ1v) is 15.1. The zero-order valence-corrected chi connectivity index (χ0v) is 23.2. The summed E-state index contributed by atoms with van der Waals surface area (Å²) in [6.07, 6.45) is 0. The summed E-state index contributed by atoms with van der Waals surface area (Å²) in [4.78, 5) is 13.1. The molecule has 196 valence electrons. The van der Waals surface area contributed by atoms with Crippen LogP contribution in [0, 0.1) is 6.92 Å². The molecule has 12 heteroatoms. The Morgan fingerprint density at radius 3 is 2.19 bits per heavy atom. The molecule has 0 aliphatic carbocycles. The molecule has 1 heterocycles. The zero-order chi connectivity index (χ0) is 26.6. The standard InChI is InChI=1S/C25H26BrN3O6S2/c1-19-5-9-24(10-6-19)37(33,34)29(22-4-2-3-20(26)17-22)18-25(30)27-21-7-11-23(12-8-21)36(31,32)28-13-15-35-16-14-28/h2-12,17H,13-16,18H2,1H3,(H,27,30). The van der Waals surface area contributed by atoms with Gasteiger partial charge >= 0.3 is 0 Å². The van der Waals surface area contributed by atoms with Gasteiger partial charge in [-0.2, -0.15) is 4.31 Å². The van der Waals surface area contributed by atoms with Crippen LogP contribution in [0.15, 0.2) is 87.1 Å². The van der Waals surface area contributed by atoms with Crippen molar-refractivity contribution in [2.75, 3.05) is 42.5 Å². The van der Waals surface area contributed by atoms with E-state index >= 15 is 0 Å². The molecule has 0 atom stereocenters. The Balaban J connectivity index is 1.54. The van der Waals surface area contributed by atoms with Gasteiger partial charge in [0.05, 0.1) is 28.7 Å². The number of anilines is 2.